The van der Waals surface area contributed by atoms with Crippen LogP contribution in [0.1, 0.15) is 13.3 Å². The van der Waals surface area contributed by atoms with Crippen LogP contribution in [0.25, 0.3) is 0 Å². The molecule has 0 rings (SSSR count). The molecule has 5 heteroatoms. The van der Waals surface area contributed by atoms with Crippen LogP contribution >= 0.6 is 8.60 Å². The molecule has 0 aromatic carbocycles. The molecule has 0 spiro atoms. The van der Waals surface area contributed by atoms with Crippen molar-refractivity contribution in [2.45, 2.75) is 13.3 Å². The van der Waals surface area contributed by atoms with Crippen LogP contribution < -0.4 is 9.79 Å². The largest absolute Gasteiger partial charge is 2.00 e. The molecule has 0 aliphatic rings. The van der Waals surface area contributed by atoms with Crippen LogP contribution in [-0.4, -0.2) is 44.3 Å². The van der Waals surface area contributed by atoms with Gasteiger partial charge in [-0.25, -0.2) is 0 Å². The van der Waals surface area contributed by atoms with Crippen molar-refractivity contribution in [3.63, 3.8) is 0 Å². The van der Waals surface area contributed by atoms with Crippen LogP contribution in [0.4, 0.5) is 0 Å². The third kappa shape index (κ3) is 10.5. The van der Waals surface area contributed by atoms with Gasteiger partial charge in [0, 0.05) is 6.61 Å². The van der Waals surface area contributed by atoms with E-state index in [1.54, 1.807) is 0 Å². The van der Waals surface area contributed by atoms with Gasteiger partial charge in [0.15, 0.2) is 0 Å². The topological polar surface area (TPSA) is 55.3 Å². The Bertz CT molecular complexity index is 43.5. The summed E-state index contributed by atoms with van der Waals surface area (Å²) in [6.07, 6.45) is 0.739. The Hall–Kier alpha value is 1.57. The molecule has 0 atom stereocenters. The van der Waals surface area contributed by atoms with Crippen LogP contribution in [0, 0.1) is 0 Å². The molecular formula is C3H7CaO3P. The molecule has 3 nitrogen and oxygen atoms in total. The molecule has 44 valence electrons. The fourth-order valence-corrected chi connectivity index (χ4v) is 0.497. The molecule has 0 heterocycles. The van der Waals surface area contributed by atoms with E-state index in [1.807, 2.05) is 6.92 Å². The van der Waals surface area contributed by atoms with Gasteiger partial charge < -0.3 is 14.3 Å². The average Bonchev–Trinajstić information content (AvgIpc) is 1.61. The second-order valence-corrected chi connectivity index (χ2v) is 1.76. The molecule has 0 aromatic heterocycles. The zero-order chi connectivity index (χ0) is 5.70. The van der Waals surface area contributed by atoms with Gasteiger partial charge in [0.2, 0.25) is 0 Å². The molecule has 0 radical (unpaired) electrons. The Kier molecular flexibility index (Phi) is 13.1. The molecule has 0 saturated heterocycles. The molecule has 0 aromatic rings. The normalized spacial score (nSPS) is 9.00. The predicted molar refractivity (Wildman–Crippen MR) is 28.9 cm³/mol. The minimum atomic E-state index is -2.61. The van der Waals surface area contributed by atoms with E-state index < -0.39 is 8.60 Å². The monoisotopic (exact) mass is 162 g/mol. The van der Waals surface area contributed by atoms with Gasteiger partial charge in [0.25, 0.3) is 0 Å². The van der Waals surface area contributed by atoms with E-state index in [0.717, 1.165) is 6.42 Å². The first-order valence-electron chi connectivity index (χ1n) is 2.04. The molecule has 0 N–H and O–H groups in total. The molecule has 0 saturated carbocycles. The quantitative estimate of drug-likeness (QED) is 0.394. The van der Waals surface area contributed by atoms with Crippen molar-refractivity contribution in [3.05, 3.63) is 0 Å². The summed E-state index contributed by atoms with van der Waals surface area (Å²) in [5.41, 5.74) is 0. The van der Waals surface area contributed by atoms with Crippen molar-refractivity contribution < 1.29 is 14.3 Å². The van der Waals surface area contributed by atoms with Gasteiger partial charge in [-0.3, -0.25) is 0 Å². The predicted octanol–water partition coefficient (Wildman–Crippen LogP) is -1.02. The Morgan fingerprint density at radius 1 is 1.50 bits per heavy atom. The first-order chi connectivity index (χ1) is 3.27. The fraction of sp³-hybridized carbons (Fsp3) is 1.00. The molecule has 0 aliphatic carbocycles. The Balaban J connectivity index is 0. The van der Waals surface area contributed by atoms with Crippen LogP contribution in [0.3, 0.4) is 0 Å². The third-order valence-electron chi connectivity index (χ3n) is 0.401. The summed E-state index contributed by atoms with van der Waals surface area (Å²) >= 11 is 0. The van der Waals surface area contributed by atoms with Gasteiger partial charge in [0.1, 0.15) is 0 Å². The summed E-state index contributed by atoms with van der Waals surface area (Å²) in [4.78, 5) is 19.1. The Morgan fingerprint density at radius 2 is 2.00 bits per heavy atom. The second-order valence-electron chi connectivity index (χ2n) is 1.06. The maximum absolute atomic E-state index is 9.57. The molecule has 0 amide bonds. The van der Waals surface area contributed by atoms with E-state index in [4.69, 9.17) is 0 Å². The minimum absolute atomic E-state index is 0. The number of hydrogen-bond acceptors (Lipinski definition) is 3. The van der Waals surface area contributed by atoms with Crippen molar-refractivity contribution in [2.75, 3.05) is 6.61 Å². The van der Waals surface area contributed by atoms with Crippen molar-refractivity contribution in [1.29, 1.82) is 0 Å². The van der Waals surface area contributed by atoms with Crippen LogP contribution in [0.5, 0.6) is 0 Å². The zero-order valence-corrected chi connectivity index (χ0v) is 7.90. The molecular weight excluding hydrogens is 155 g/mol. The maximum atomic E-state index is 9.57. The standard InChI is InChI=1S/C3H7O3P.Ca/c1-2-3-6-7(4)5;/h2-3H2,1H3;/q-2;+2. The van der Waals surface area contributed by atoms with Gasteiger partial charge in [0.05, 0.1) is 0 Å². The zero-order valence-electron chi connectivity index (χ0n) is 4.79. The second kappa shape index (κ2) is 8.57. The fourth-order valence-electron chi connectivity index (χ4n) is 0.166. The summed E-state index contributed by atoms with van der Waals surface area (Å²) in [5, 5.41) is 0. The third-order valence-corrected chi connectivity index (χ3v) is 0.794. The van der Waals surface area contributed by atoms with Crippen molar-refractivity contribution >= 4 is 46.3 Å². The van der Waals surface area contributed by atoms with E-state index in [9.17, 15) is 9.79 Å². The van der Waals surface area contributed by atoms with Crippen molar-refractivity contribution in [2.24, 2.45) is 0 Å². The first-order valence-corrected chi connectivity index (χ1v) is 3.14. The Labute approximate surface area is 80.0 Å². The van der Waals surface area contributed by atoms with Gasteiger partial charge in [-0.05, 0) is 6.42 Å². The number of hydrogen-bond donors (Lipinski definition) is 0. The molecule has 0 bridgehead atoms. The van der Waals surface area contributed by atoms with Gasteiger partial charge in [-0.2, -0.15) is 8.60 Å². The molecule has 0 unspecified atom stereocenters. The van der Waals surface area contributed by atoms with E-state index >= 15 is 0 Å². The van der Waals surface area contributed by atoms with Crippen molar-refractivity contribution in [3.8, 4) is 0 Å². The summed E-state index contributed by atoms with van der Waals surface area (Å²) in [7, 11) is -2.61. The minimum Gasteiger partial charge on any atom is -0.820 e. The summed E-state index contributed by atoms with van der Waals surface area (Å²) in [6.45, 7) is 2.15. The first kappa shape index (κ1) is 12.3. The van der Waals surface area contributed by atoms with Gasteiger partial charge in [-0.1, -0.05) is 6.92 Å². The molecule has 0 aliphatic heterocycles. The summed E-state index contributed by atoms with van der Waals surface area (Å²) < 4.78 is 4.14. The van der Waals surface area contributed by atoms with E-state index in [0.29, 0.717) is 6.61 Å². The maximum Gasteiger partial charge on any atom is 2.00 e. The summed E-state index contributed by atoms with van der Waals surface area (Å²) in [6, 6.07) is 0. The SMILES string of the molecule is CCCOP([O-])[O-].[Ca+2]. The van der Waals surface area contributed by atoms with E-state index in [2.05, 4.69) is 4.52 Å². The van der Waals surface area contributed by atoms with Crippen molar-refractivity contribution in [1.82, 2.24) is 0 Å². The number of rotatable bonds is 3. The molecule has 0 fully saturated rings. The summed E-state index contributed by atoms with van der Waals surface area (Å²) in [5.74, 6) is 0. The van der Waals surface area contributed by atoms with Gasteiger partial charge >= 0.3 is 37.7 Å². The van der Waals surface area contributed by atoms with Crippen LogP contribution in [0.2, 0.25) is 0 Å². The molecule has 8 heavy (non-hydrogen) atoms. The van der Waals surface area contributed by atoms with Crippen LogP contribution in [0.15, 0.2) is 0 Å². The van der Waals surface area contributed by atoms with E-state index in [-0.39, 0.29) is 37.7 Å². The van der Waals surface area contributed by atoms with Crippen LogP contribution in [-0.2, 0) is 4.52 Å². The Morgan fingerprint density at radius 3 is 2.12 bits per heavy atom. The smallest absolute Gasteiger partial charge is 0.820 e. The van der Waals surface area contributed by atoms with E-state index in [1.165, 1.54) is 0 Å². The van der Waals surface area contributed by atoms with Gasteiger partial charge in [-0.15, -0.1) is 0 Å². The average molecular weight is 162 g/mol.